The smallest absolute Gasteiger partial charge is 0.310 e. The average Bonchev–Trinajstić information content (AvgIpc) is 2.24. The third-order valence-electron chi connectivity index (χ3n) is 3.17. The van der Waals surface area contributed by atoms with Crippen LogP contribution >= 0.6 is 0 Å². The second-order valence-electron chi connectivity index (χ2n) is 5.65. The molecule has 0 saturated heterocycles. The van der Waals surface area contributed by atoms with Crippen LogP contribution in [-0.2, 0) is 4.79 Å². The summed E-state index contributed by atoms with van der Waals surface area (Å²) in [5.41, 5.74) is 2.58. The molecule has 0 saturated carbocycles. The Morgan fingerprint density at radius 3 is 2.05 bits per heavy atom. The largest absolute Gasteiger partial charge is 0.481 e. The Labute approximate surface area is 113 Å². The topological polar surface area (TPSA) is 66.4 Å². The molecule has 0 atom stereocenters. The van der Waals surface area contributed by atoms with Crippen molar-refractivity contribution in [2.45, 2.75) is 34.6 Å². The van der Waals surface area contributed by atoms with E-state index < -0.39 is 11.4 Å². The van der Waals surface area contributed by atoms with Crippen LogP contribution in [0.3, 0.4) is 0 Å². The Morgan fingerprint density at radius 1 is 1.16 bits per heavy atom. The second-order valence-corrected chi connectivity index (χ2v) is 5.65. The highest BCUT2D eigenvalue weighted by Crippen LogP contribution is 2.18. The molecule has 0 radical (unpaired) electrons. The van der Waals surface area contributed by atoms with Crippen molar-refractivity contribution < 1.29 is 14.7 Å². The van der Waals surface area contributed by atoms with E-state index in [1.807, 2.05) is 32.9 Å². The van der Waals surface area contributed by atoms with Crippen LogP contribution in [-0.4, -0.2) is 23.5 Å². The highest BCUT2D eigenvalue weighted by atomic mass is 16.4. The van der Waals surface area contributed by atoms with Crippen molar-refractivity contribution in [1.82, 2.24) is 5.32 Å². The van der Waals surface area contributed by atoms with E-state index >= 15 is 0 Å². The molecule has 0 bridgehead atoms. The molecule has 1 amide bonds. The summed E-state index contributed by atoms with van der Waals surface area (Å²) in [6.45, 7) is 9.03. The molecule has 1 rings (SSSR count). The summed E-state index contributed by atoms with van der Waals surface area (Å²) >= 11 is 0. The number of carbonyl (C=O) groups is 2. The molecule has 104 valence electrons. The molecule has 1 aromatic rings. The number of carboxylic acid groups (broad SMARTS) is 1. The second kappa shape index (κ2) is 5.43. The number of hydrogen-bond acceptors (Lipinski definition) is 2. The van der Waals surface area contributed by atoms with E-state index in [0.717, 1.165) is 16.7 Å². The van der Waals surface area contributed by atoms with Crippen LogP contribution in [0.4, 0.5) is 0 Å². The van der Waals surface area contributed by atoms with Crippen molar-refractivity contribution in [3.05, 3.63) is 34.4 Å². The number of aryl methyl sites for hydroxylation is 3. The highest BCUT2D eigenvalue weighted by Gasteiger charge is 2.28. The normalized spacial score (nSPS) is 11.2. The average molecular weight is 263 g/mol. The van der Waals surface area contributed by atoms with Gasteiger partial charge in [0.25, 0.3) is 5.91 Å². The zero-order valence-electron chi connectivity index (χ0n) is 12.1. The van der Waals surface area contributed by atoms with Crippen LogP contribution in [0.25, 0.3) is 0 Å². The molecular formula is C15H21NO3. The molecule has 0 aromatic heterocycles. The van der Waals surface area contributed by atoms with E-state index in [2.05, 4.69) is 5.32 Å². The van der Waals surface area contributed by atoms with Gasteiger partial charge in [0.05, 0.1) is 5.41 Å². The van der Waals surface area contributed by atoms with Crippen molar-refractivity contribution >= 4 is 11.9 Å². The first-order valence-electron chi connectivity index (χ1n) is 6.24. The molecule has 0 spiro atoms. The molecule has 0 aliphatic carbocycles. The molecule has 0 aliphatic rings. The Morgan fingerprint density at radius 2 is 1.63 bits per heavy atom. The van der Waals surface area contributed by atoms with Gasteiger partial charge < -0.3 is 10.4 Å². The molecule has 0 unspecified atom stereocenters. The third kappa shape index (κ3) is 3.56. The number of carboxylic acids is 1. The molecule has 2 N–H and O–H groups in total. The maximum absolute atomic E-state index is 12.2. The number of carbonyl (C=O) groups excluding carboxylic acids is 1. The Balaban J connectivity index is 2.89. The van der Waals surface area contributed by atoms with Gasteiger partial charge in [-0.05, 0) is 45.7 Å². The minimum atomic E-state index is -0.970. The Hall–Kier alpha value is -1.84. The summed E-state index contributed by atoms with van der Waals surface area (Å²) in [5, 5.41) is 11.7. The number of aliphatic carboxylic acids is 1. The number of nitrogens with one attached hydrogen (secondary N) is 1. The fourth-order valence-corrected chi connectivity index (χ4v) is 2.00. The van der Waals surface area contributed by atoms with Gasteiger partial charge in [-0.3, -0.25) is 9.59 Å². The van der Waals surface area contributed by atoms with E-state index in [4.69, 9.17) is 5.11 Å². The van der Waals surface area contributed by atoms with Gasteiger partial charge in [-0.1, -0.05) is 17.7 Å². The lowest BCUT2D eigenvalue weighted by Crippen LogP contribution is -2.39. The first-order chi connectivity index (χ1) is 8.65. The minimum absolute atomic E-state index is 0.105. The van der Waals surface area contributed by atoms with Gasteiger partial charge in [0.1, 0.15) is 0 Å². The summed E-state index contributed by atoms with van der Waals surface area (Å²) < 4.78 is 0. The van der Waals surface area contributed by atoms with Gasteiger partial charge in [-0.25, -0.2) is 0 Å². The summed E-state index contributed by atoms with van der Waals surface area (Å²) in [4.78, 5) is 23.2. The molecular weight excluding hydrogens is 242 g/mol. The number of rotatable bonds is 4. The maximum Gasteiger partial charge on any atom is 0.310 e. The SMILES string of the molecule is Cc1cc(C)c(C(=O)NCC(C)(C)C(=O)O)c(C)c1. The molecule has 0 aliphatic heterocycles. The van der Waals surface area contributed by atoms with Crippen molar-refractivity contribution in [2.75, 3.05) is 6.54 Å². The first-order valence-corrected chi connectivity index (χ1v) is 6.24. The van der Waals surface area contributed by atoms with Gasteiger partial charge in [0.2, 0.25) is 0 Å². The summed E-state index contributed by atoms with van der Waals surface area (Å²) in [6, 6.07) is 3.90. The van der Waals surface area contributed by atoms with Gasteiger partial charge in [-0.2, -0.15) is 0 Å². The minimum Gasteiger partial charge on any atom is -0.481 e. The molecule has 0 heterocycles. The lowest BCUT2D eigenvalue weighted by molar-refractivity contribution is -0.146. The molecule has 0 fully saturated rings. The van der Waals surface area contributed by atoms with E-state index in [0.29, 0.717) is 5.56 Å². The number of hydrogen-bond donors (Lipinski definition) is 2. The fourth-order valence-electron chi connectivity index (χ4n) is 2.00. The molecule has 4 nitrogen and oxygen atoms in total. The molecule has 4 heteroatoms. The standard InChI is InChI=1S/C15H21NO3/c1-9-6-10(2)12(11(3)7-9)13(17)16-8-15(4,5)14(18)19/h6-7H,8H2,1-5H3,(H,16,17)(H,18,19). The van der Waals surface area contributed by atoms with E-state index in [-0.39, 0.29) is 12.5 Å². The van der Waals surface area contributed by atoms with Crippen molar-refractivity contribution in [3.63, 3.8) is 0 Å². The summed E-state index contributed by atoms with van der Waals surface area (Å²) in [6.07, 6.45) is 0. The van der Waals surface area contributed by atoms with Crippen LogP contribution < -0.4 is 5.32 Å². The monoisotopic (exact) mass is 263 g/mol. The lowest BCUT2D eigenvalue weighted by Gasteiger charge is -2.20. The zero-order chi connectivity index (χ0) is 14.8. The highest BCUT2D eigenvalue weighted by molar-refractivity contribution is 5.97. The van der Waals surface area contributed by atoms with Crippen molar-refractivity contribution in [2.24, 2.45) is 5.41 Å². The van der Waals surface area contributed by atoms with Gasteiger partial charge >= 0.3 is 5.97 Å². The van der Waals surface area contributed by atoms with Gasteiger partial charge in [0, 0.05) is 12.1 Å². The predicted octanol–water partition coefficient (Wildman–Crippen LogP) is 2.45. The number of benzene rings is 1. The van der Waals surface area contributed by atoms with Gasteiger partial charge in [-0.15, -0.1) is 0 Å². The molecule has 19 heavy (non-hydrogen) atoms. The lowest BCUT2D eigenvalue weighted by atomic mass is 9.93. The van der Waals surface area contributed by atoms with Crippen molar-refractivity contribution in [3.8, 4) is 0 Å². The first kappa shape index (κ1) is 15.2. The van der Waals surface area contributed by atoms with Crippen LogP contribution in [0.5, 0.6) is 0 Å². The Bertz CT molecular complexity index is 495. The van der Waals surface area contributed by atoms with Crippen LogP contribution in [0.2, 0.25) is 0 Å². The van der Waals surface area contributed by atoms with Gasteiger partial charge in [0.15, 0.2) is 0 Å². The van der Waals surface area contributed by atoms with Crippen LogP contribution in [0.15, 0.2) is 12.1 Å². The third-order valence-corrected chi connectivity index (χ3v) is 3.17. The summed E-state index contributed by atoms with van der Waals surface area (Å²) in [5.74, 6) is -1.14. The fraction of sp³-hybridized carbons (Fsp3) is 0.467. The maximum atomic E-state index is 12.2. The molecule has 1 aromatic carbocycles. The van der Waals surface area contributed by atoms with E-state index in [1.165, 1.54) is 0 Å². The number of amides is 1. The van der Waals surface area contributed by atoms with E-state index in [1.54, 1.807) is 13.8 Å². The quantitative estimate of drug-likeness (QED) is 0.877. The van der Waals surface area contributed by atoms with Crippen LogP contribution in [0.1, 0.15) is 40.9 Å². The van der Waals surface area contributed by atoms with E-state index in [9.17, 15) is 9.59 Å². The van der Waals surface area contributed by atoms with Crippen LogP contribution in [0, 0.1) is 26.2 Å². The summed E-state index contributed by atoms with van der Waals surface area (Å²) in [7, 11) is 0. The Kier molecular flexibility index (Phi) is 4.35. The van der Waals surface area contributed by atoms with Crippen molar-refractivity contribution in [1.29, 1.82) is 0 Å². The zero-order valence-corrected chi connectivity index (χ0v) is 12.1. The predicted molar refractivity (Wildman–Crippen MR) is 74.4 cm³/mol.